The fourth-order valence-electron chi connectivity index (χ4n) is 1.48. The maximum Gasteiger partial charge on any atom is 0.337 e. The van der Waals surface area contributed by atoms with Crippen LogP contribution in [0.5, 0.6) is 5.75 Å². The first-order valence-electron chi connectivity index (χ1n) is 5.92. The van der Waals surface area contributed by atoms with Crippen LogP contribution in [0.4, 0.5) is 10.5 Å². The zero-order valence-electron chi connectivity index (χ0n) is 11.7. The smallest absolute Gasteiger partial charge is 0.337 e. The Balaban J connectivity index is 2.86. The molecule has 0 aromatic heterocycles. The Morgan fingerprint density at radius 3 is 2.60 bits per heavy atom. The van der Waals surface area contributed by atoms with Gasteiger partial charge in [0, 0.05) is 20.7 Å². The molecule has 0 saturated carbocycles. The Kier molecular flexibility index (Phi) is 5.79. The number of urea groups is 1. The molecule has 2 N–H and O–H groups in total. The quantitative estimate of drug-likeness (QED) is 0.825. The Hall–Kier alpha value is -2.28. The summed E-state index contributed by atoms with van der Waals surface area (Å²) < 4.78 is 9.84. The van der Waals surface area contributed by atoms with Gasteiger partial charge >= 0.3 is 12.0 Å². The van der Waals surface area contributed by atoms with E-state index in [4.69, 9.17) is 14.6 Å². The average Bonchev–Trinajstić information content (AvgIpc) is 2.44. The van der Waals surface area contributed by atoms with Crippen LogP contribution in [0.3, 0.4) is 0 Å². The molecule has 7 heteroatoms. The molecule has 0 spiro atoms. The highest BCUT2D eigenvalue weighted by molar-refractivity contribution is 6.00. The number of nitrogens with zero attached hydrogens (tertiary/aromatic N) is 1. The number of hydrogen-bond donors (Lipinski definition) is 2. The van der Waals surface area contributed by atoms with E-state index in [0.717, 1.165) is 0 Å². The van der Waals surface area contributed by atoms with Crippen LogP contribution in [-0.2, 0) is 4.74 Å². The lowest BCUT2D eigenvalue weighted by molar-refractivity contribution is 0.0697. The van der Waals surface area contributed by atoms with Crippen LogP contribution in [0.15, 0.2) is 18.2 Å². The lowest BCUT2D eigenvalue weighted by Crippen LogP contribution is -2.34. The van der Waals surface area contributed by atoms with Gasteiger partial charge in [0.05, 0.1) is 25.0 Å². The molecule has 110 valence electrons. The minimum Gasteiger partial charge on any atom is -0.497 e. The van der Waals surface area contributed by atoms with E-state index in [1.807, 2.05) is 0 Å². The minimum absolute atomic E-state index is 0.0298. The molecule has 20 heavy (non-hydrogen) atoms. The van der Waals surface area contributed by atoms with Gasteiger partial charge in [-0.05, 0) is 18.2 Å². The lowest BCUT2D eigenvalue weighted by Gasteiger charge is -2.18. The molecule has 0 unspecified atom stereocenters. The molecule has 0 fully saturated rings. The maximum absolute atomic E-state index is 11.9. The van der Waals surface area contributed by atoms with E-state index < -0.39 is 12.0 Å². The SMILES string of the molecule is COCCN(C)C(=O)Nc1ccc(OC)cc1C(=O)O. The number of carboxylic acids is 1. The normalized spacial score (nSPS) is 9.95. The van der Waals surface area contributed by atoms with Gasteiger partial charge in [-0.25, -0.2) is 9.59 Å². The van der Waals surface area contributed by atoms with Gasteiger partial charge in [-0.1, -0.05) is 0 Å². The van der Waals surface area contributed by atoms with Crippen molar-refractivity contribution in [3.63, 3.8) is 0 Å². The molecule has 1 aromatic rings. The number of benzene rings is 1. The number of carbonyl (C=O) groups is 2. The number of anilines is 1. The molecule has 2 amide bonds. The molecule has 0 bridgehead atoms. The van der Waals surface area contributed by atoms with Crippen molar-refractivity contribution in [3.8, 4) is 5.75 Å². The maximum atomic E-state index is 11.9. The highest BCUT2D eigenvalue weighted by atomic mass is 16.5. The van der Waals surface area contributed by atoms with Gasteiger partial charge in [-0.15, -0.1) is 0 Å². The summed E-state index contributed by atoms with van der Waals surface area (Å²) in [6, 6.07) is 4.02. The van der Waals surface area contributed by atoms with Gasteiger partial charge in [0.2, 0.25) is 0 Å². The van der Waals surface area contributed by atoms with E-state index in [2.05, 4.69) is 5.32 Å². The van der Waals surface area contributed by atoms with Crippen LogP contribution in [0, 0.1) is 0 Å². The molecule has 0 aliphatic heterocycles. The zero-order chi connectivity index (χ0) is 15.1. The fourth-order valence-corrected chi connectivity index (χ4v) is 1.48. The van der Waals surface area contributed by atoms with Crippen molar-refractivity contribution in [2.45, 2.75) is 0 Å². The number of rotatable bonds is 6. The van der Waals surface area contributed by atoms with Crippen LogP contribution in [0.1, 0.15) is 10.4 Å². The predicted octanol–water partition coefficient (Wildman–Crippen LogP) is 1.50. The van der Waals surface area contributed by atoms with E-state index >= 15 is 0 Å². The molecular weight excluding hydrogens is 264 g/mol. The first-order valence-corrected chi connectivity index (χ1v) is 5.92. The van der Waals surface area contributed by atoms with Crippen molar-refractivity contribution >= 4 is 17.7 Å². The topological polar surface area (TPSA) is 88.1 Å². The second-order valence-corrected chi connectivity index (χ2v) is 4.06. The predicted molar refractivity (Wildman–Crippen MR) is 73.5 cm³/mol. The number of amides is 2. The summed E-state index contributed by atoms with van der Waals surface area (Å²) in [5.41, 5.74) is 0.186. The van der Waals surface area contributed by atoms with Gasteiger partial charge in [0.1, 0.15) is 5.75 Å². The molecule has 0 atom stereocenters. The van der Waals surface area contributed by atoms with Crippen molar-refractivity contribution < 1.29 is 24.2 Å². The second kappa shape index (κ2) is 7.34. The van der Waals surface area contributed by atoms with Gasteiger partial charge in [0.25, 0.3) is 0 Å². The highest BCUT2D eigenvalue weighted by Gasteiger charge is 2.15. The van der Waals surface area contributed by atoms with Crippen molar-refractivity contribution in [1.82, 2.24) is 4.90 Å². The number of aromatic carboxylic acids is 1. The van der Waals surface area contributed by atoms with Crippen molar-refractivity contribution in [3.05, 3.63) is 23.8 Å². The molecule has 1 rings (SSSR count). The summed E-state index contributed by atoms with van der Waals surface area (Å²) in [7, 11) is 4.58. The number of ether oxygens (including phenoxy) is 2. The third-order valence-corrected chi connectivity index (χ3v) is 2.68. The van der Waals surface area contributed by atoms with Gasteiger partial charge in [0.15, 0.2) is 0 Å². The Bertz CT molecular complexity index is 490. The van der Waals surface area contributed by atoms with E-state index in [1.54, 1.807) is 13.1 Å². The Labute approximate surface area is 117 Å². The standard InChI is InChI=1S/C13H18N2O5/c1-15(6-7-19-2)13(18)14-11-5-4-9(20-3)8-10(11)12(16)17/h4-5,8H,6-7H2,1-3H3,(H,14,18)(H,16,17). The monoisotopic (exact) mass is 282 g/mol. The van der Waals surface area contributed by atoms with E-state index in [-0.39, 0.29) is 11.3 Å². The Morgan fingerprint density at radius 1 is 1.35 bits per heavy atom. The number of carbonyl (C=O) groups excluding carboxylic acids is 1. The second-order valence-electron chi connectivity index (χ2n) is 4.06. The van der Waals surface area contributed by atoms with Crippen LogP contribution in [0.2, 0.25) is 0 Å². The van der Waals surface area contributed by atoms with E-state index in [0.29, 0.717) is 18.9 Å². The molecule has 1 aromatic carbocycles. The Morgan fingerprint density at radius 2 is 2.05 bits per heavy atom. The highest BCUT2D eigenvalue weighted by Crippen LogP contribution is 2.22. The molecule has 0 heterocycles. The summed E-state index contributed by atoms with van der Waals surface area (Å²) in [4.78, 5) is 24.5. The van der Waals surface area contributed by atoms with Crippen LogP contribution < -0.4 is 10.1 Å². The van der Waals surface area contributed by atoms with Crippen LogP contribution in [0.25, 0.3) is 0 Å². The lowest BCUT2D eigenvalue weighted by atomic mass is 10.1. The third-order valence-electron chi connectivity index (χ3n) is 2.68. The number of nitrogens with one attached hydrogen (secondary N) is 1. The van der Waals surface area contributed by atoms with Crippen LogP contribution in [-0.4, -0.2) is 56.4 Å². The van der Waals surface area contributed by atoms with E-state index in [9.17, 15) is 9.59 Å². The molecule has 0 aliphatic rings. The number of hydrogen-bond acceptors (Lipinski definition) is 4. The fraction of sp³-hybridized carbons (Fsp3) is 0.385. The molecule has 0 saturated heterocycles. The number of carboxylic acid groups (broad SMARTS) is 1. The molecular formula is C13H18N2O5. The molecule has 0 radical (unpaired) electrons. The zero-order valence-corrected chi connectivity index (χ0v) is 11.7. The molecule has 7 nitrogen and oxygen atoms in total. The summed E-state index contributed by atoms with van der Waals surface area (Å²) in [5, 5.41) is 11.7. The first kappa shape index (κ1) is 15.8. The summed E-state index contributed by atoms with van der Waals surface area (Å²) in [5.74, 6) is -0.730. The van der Waals surface area contributed by atoms with Crippen molar-refractivity contribution in [1.29, 1.82) is 0 Å². The first-order chi connectivity index (χ1) is 9.49. The minimum atomic E-state index is -1.14. The van der Waals surface area contributed by atoms with Gasteiger partial charge in [-0.2, -0.15) is 0 Å². The third kappa shape index (κ3) is 4.13. The molecule has 0 aliphatic carbocycles. The van der Waals surface area contributed by atoms with Crippen molar-refractivity contribution in [2.75, 3.05) is 39.7 Å². The van der Waals surface area contributed by atoms with Gasteiger partial charge in [-0.3, -0.25) is 0 Å². The van der Waals surface area contributed by atoms with Crippen LogP contribution >= 0.6 is 0 Å². The number of methoxy groups -OCH3 is 2. The summed E-state index contributed by atoms with van der Waals surface area (Å²) >= 11 is 0. The van der Waals surface area contributed by atoms with Gasteiger partial charge < -0.3 is 24.8 Å². The van der Waals surface area contributed by atoms with E-state index in [1.165, 1.54) is 31.3 Å². The average molecular weight is 282 g/mol. The number of likely N-dealkylation sites (N-methyl/N-ethyl adjacent to an activating group) is 1. The van der Waals surface area contributed by atoms with Crippen molar-refractivity contribution in [2.24, 2.45) is 0 Å². The summed E-state index contributed by atoms with van der Waals surface area (Å²) in [6.45, 7) is 0.805. The largest absolute Gasteiger partial charge is 0.497 e. The summed E-state index contributed by atoms with van der Waals surface area (Å²) in [6.07, 6.45) is 0.